The molecule has 0 unspecified atom stereocenters. The van der Waals surface area contributed by atoms with Crippen molar-refractivity contribution in [2.75, 3.05) is 26.2 Å². The van der Waals surface area contributed by atoms with Gasteiger partial charge in [-0.3, -0.25) is 9.69 Å². The van der Waals surface area contributed by atoms with Gasteiger partial charge in [-0.05, 0) is 67.6 Å². The van der Waals surface area contributed by atoms with Gasteiger partial charge >= 0.3 is 0 Å². The maximum atomic E-state index is 13.1. The van der Waals surface area contributed by atoms with Crippen LogP contribution in [-0.4, -0.2) is 49.7 Å². The number of carbonyl (C=O) groups is 1. The molecule has 2 aromatic rings. The van der Waals surface area contributed by atoms with Crippen LogP contribution >= 0.6 is 23.2 Å². The van der Waals surface area contributed by atoms with Crippen molar-refractivity contribution in [3.63, 3.8) is 0 Å². The predicted octanol–water partition coefficient (Wildman–Crippen LogP) is 4.84. The van der Waals surface area contributed by atoms with Gasteiger partial charge in [0, 0.05) is 36.2 Å². The molecule has 0 radical (unpaired) electrons. The normalized spacial score (nSPS) is 20.0. The summed E-state index contributed by atoms with van der Waals surface area (Å²) in [7, 11) is -3.61. The number of piperidine rings is 2. The molecule has 35 heavy (non-hydrogen) atoms. The van der Waals surface area contributed by atoms with Crippen molar-refractivity contribution in [3.05, 3.63) is 69.2 Å². The highest BCUT2D eigenvalue weighted by molar-refractivity contribution is 7.88. The van der Waals surface area contributed by atoms with Crippen LogP contribution in [0, 0.1) is 5.92 Å². The van der Waals surface area contributed by atoms with Gasteiger partial charge in [0.05, 0.1) is 11.7 Å². The van der Waals surface area contributed by atoms with Gasteiger partial charge in [0.25, 0.3) is 0 Å². The molecular weight excluding hydrogens is 505 g/mol. The predicted molar refractivity (Wildman–Crippen MR) is 141 cm³/mol. The minimum absolute atomic E-state index is 0.0952. The molecule has 4 rings (SSSR count). The monoisotopic (exact) mass is 537 g/mol. The topological polar surface area (TPSA) is 69.7 Å². The van der Waals surface area contributed by atoms with Gasteiger partial charge in [-0.2, -0.15) is 0 Å². The number of carbonyl (C=O) groups excluding carboxylic acids is 1. The van der Waals surface area contributed by atoms with E-state index in [4.69, 9.17) is 23.2 Å². The standard InChI is InChI=1S/C26H33Cl2N3O3S/c27-24-11-10-23(25(28)15-24)19-35(33,34)31-14-6-9-22(18-31)26(32)29-16-20-7-2-3-8-21(20)17-30-12-4-1-5-13-30/h2-3,7-8,10-11,15,22H,1,4-6,9,12-14,16-19H2,(H,29,32)/t22-/m1/s1. The lowest BCUT2D eigenvalue weighted by Crippen LogP contribution is -2.45. The number of rotatable bonds is 8. The minimum atomic E-state index is -3.61. The molecule has 1 amide bonds. The van der Waals surface area contributed by atoms with Crippen LogP contribution < -0.4 is 5.32 Å². The lowest BCUT2D eigenvalue weighted by atomic mass is 9.98. The molecule has 2 saturated heterocycles. The summed E-state index contributed by atoms with van der Waals surface area (Å²) in [4.78, 5) is 15.5. The first-order valence-corrected chi connectivity index (χ1v) is 14.7. The fraction of sp³-hybridized carbons (Fsp3) is 0.500. The molecule has 6 nitrogen and oxygen atoms in total. The summed E-state index contributed by atoms with van der Waals surface area (Å²) in [6.45, 7) is 4.19. The fourth-order valence-electron chi connectivity index (χ4n) is 4.90. The molecule has 1 atom stereocenters. The second-order valence-electron chi connectivity index (χ2n) is 9.51. The summed E-state index contributed by atoms with van der Waals surface area (Å²) < 4.78 is 27.6. The number of nitrogens with zero attached hydrogens (tertiary/aromatic N) is 2. The van der Waals surface area contributed by atoms with E-state index in [1.165, 1.54) is 29.1 Å². The SMILES string of the molecule is O=C(NCc1ccccc1CN1CCCCC1)[C@@H]1CCCN(S(=O)(=O)Cc2ccc(Cl)cc2Cl)C1. The summed E-state index contributed by atoms with van der Waals surface area (Å²) >= 11 is 12.1. The van der Waals surface area contributed by atoms with Gasteiger partial charge in [-0.1, -0.05) is 60.0 Å². The van der Waals surface area contributed by atoms with E-state index < -0.39 is 10.0 Å². The Labute approximate surface area is 218 Å². The van der Waals surface area contributed by atoms with Crippen molar-refractivity contribution in [1.82, 2.24) is 14.5 Å². The number of nitrogens with one attached hydrogen (secondary N) is 1. The van der Waals surface area contributed by atoms with Crippen molar-refractivity contribution in [2.24, 2.45) is 5.92 Å². The molecule has 190 valence electrons. The smallest absolute Gasteiger partial charge is 0.224 e. The van der Waals surface area contributed by atoms with Crippen molar-refractivity contribution in [1.29, 1.82) is 0 Å². The zero-order chi connectivity index (χ0) is 24.8. The van der Waals surface area contributed by atoms with Crippen molar-refractivity contribution in [3.8, 4) is 0 Å². The molecule has 1 N–H and O–H groups in total. The first-order valence-electron chi connectivity index (χ1n) is 12.3. The third-order valence-electron chi connectivity index (χ3n) is 6.92. The number of sulfonamides is 1. The van der Waals surface area contributed by atoms with Crippen LogP contribution in [0.3, 0.4) is 0 Å². The summed E-state index contributed by atoms with van der Waals surface area (Å²) in [6, 6.07) is 13.1. The molecule has 0 aromatic heterocycles. The van der Waals surface area contributed by atoms with Gasteiger partial charge in [-0.25, -0.2) is 12.7 Å². The molecule has 2 aliphatic rings. The van der Waals surface area contributed by atoms with Gasteiger partial charge in [0.1, 0.15) is 0 Å². The van der Waals surface area contributed by atoms with Gasteiger partial charge < -0.3 is 5.32 Å². The van der Waals surface area contributed by atoms with Gasteiger partial charge in [-0.15, -0.1) is 0 Å². The molecule has 0 bridgehead atoms. The largest absolute Gasteiger partial charge is 0.352 e. The first kappa shape index (κ1) is 26.4. The van der Waals surface area contributed by atoms with Crippen LogP contribution in [0.25, 0.3) is 0 Å². The molecular formula is C26H33Cl2N3O3S. The Morgan fingerprint density at radius 3 is 2.43 bits per heavy atom. The molecule has 2 heterocycles. The highest BCUT2D eigenvalue weighted by Gasteiger charge is 2.32. The van der Waals surface area contributed by atoms with Crippen molar-refractivity contribution in [2.45, 2.75) is 50.9 Å². The minimum Gasteiger partial charge on any atom is -0.352 e. The molecule has 0 spiro atoms. The van der Waals surface area contributed by atoms with E-state index in [-0.39, 0.29) is 24.1 Å². The van der Waals surface area contributed by atoms with E-state index >= 15 is 0 Å². The number of halogens is 2. The Bertz CT molecular complexity index is 1140. The first-order chi connectivity index (χ1) is 16.8. The Hall–Kier alpha value is -1.64. The summed E-state index contributed by atoms with van der Waals surface area (Å²) in [6.07, 6.45) is 5.11. The molecule has 2 aromatic carbocycles. The van der Waals surface area contributed by atoms with Crippen LogP contribution in [0.4, 0.5) is 0 Å². The number of hydrogen-bond donors (Lipinski definition) is 1. The molecule has 9 heteroatoms. The summed E-state index contributed by atoms with van der Waals surface area (Å²) in [5, 5.41) is 3.86. The van der Waals surface area contributed by atoms with Crippen LogP contribution in [0.1, 0.15) is 48.8 Å². The third kappa shape index (κ3) is 7.20. The number of hydrogen-bond acceptors (Lipinski definition) is 4. The summed E-state index contributed by atoms with van der Waals surface area (Å²) in [5.41, 5.74) is 2.86. The maximum Gasteiger partial charge on any atom is 0.224 e. The maximum absolute atomic E-state index is 13.1. The molecule has 0 saturated carbocycles. The van der Waals surface area contributed by atoms with Crippen molar-refractivity contribution >= 4 is 39.1 Å². The molecule has 0 aliphatic carbocycles. The van der Waals surface area contributed by atoms with E-state index in [1.54, 1.807) is 18.2 Å². The quantitative estimate of drug-likeness (QED) is 0.523. The van der Waals surface area contributed by atoms with Crippen LogP contribution in [-0.2, 0) is 33.7 Å². The van der Waals surface area contributed by atoms with E-state index in [1.807, 2.05) is 12.1 Å². The Morgan fingerprint density at radius 1 is 0.943 bits per heavy atom. The number of benzene rings is 2. The Balaban J connectivity index is 1.35. The fourth-order valence-corrected chi connectivity index (χ4v) is 7.10. The van der Waals surface area contributed by atoms with E-state index in [9.17, 15) is 13.2 Å². The van der Waals surface area contributed by atoms with E-state index in [0.717, 1.165) is 25.2 Å². The Morgan fingerprint density at radius 2 is 1.69 bits per heavy atom. The Kier molecular flexibility index (Phi) is 9.11. The highest BCUT2D eigenvalue weighted by atomic mass is 35.5. The number of amides is 1. The third-order valence-corrected chi connectivity index (χ3v) is 9.30. The van der Waals surface area contributed by atoms with E-state index in [0.29, 0.717) is 41.5 Å². The molecule has 2 aliphatic heterocycles. The lowest BCUT2D eigenvalue weighted by Gasteiger charge is -2.31. The second kappa shape index (κ2) is 12.1. The van der Waals surface area contributed by atoms with Gasteiger partial charge in [0.15, 0.2) is 0 Å². The average molecular weight is 539 g/mol. The molecule has 2 fully saturated rings. The summed E-state index contributed by atoms with van der Waals surface area (Å²) in [5.74, 6) is -0.669. The average Bonchev–Trinajstić information content (AvgIpc) is 2.86. The second-order valence-corrected chi connectivity index (χ2v) is 12.3. The van der Waals surface area contributed by atoms with Crippen molar-refractivity contribution < 1.29 is 13.2 Å². The lowest BCUT2D eigenvalue weighted by molar-refractivity contribution is -0.126. The van der Waals surface area contributed by atoms with Crippen LogP contribution in [0.5, 0.6) is 0 Å². The number of likely N-dealkylation sites (tertiary alicyclic amines) is 1. The highest BCUT2D eigenvalue weighted by Crippen LogP contribution is 2.26. The zero-order valence-electron chi connectivity index (χ0n) is 19.9. The zero-order valence-corrected chi connectivity index (χ0v) is 22.2. The van der Waals surface area contributed by atoms with Crippen LogP contribution in [0.15, 0.2) is 42.5 Å². The van der Waals surface area contributed by atoms with E-state index in [2.05, 4.69) is 22.3 Å². The van der Waals surface area contributed by atoms with Gasteiger partial charge in [0.2, 0.25) is 15.9 Å². The van der Waals surface area contributed by atoms with Crippen LogP contribution in [0.2, 0.25) is 10.0 Å².